The molecule has 0 spiro atoms. The molecule has 1 saturated heterocycles. The molecule has 0 amide bonds. The zero-order valence-electron chi connectivity index (χ0n) is 16.2. The molecule has 3 unspecified atom stereocenters. The lowest BCUT2D eigenvalue weighted by Gasteiger charge is -2.44. The SMILES string of the molecule is CCO[Si](OCC)(OCC)C(CO)C1CCCC(N2CCOCC2)C1. The molecule has 0 bridgehead atoms. The first-order valence-corrected chi connectivity index (χ1v) is 11.8. The van der Waals surface area contributed by atoms with Crippen LogP contribution < -0.4 is 0 Å². The third-order valence-corrected chi connectivity index (χ3v) is 9.14. The fraction of sp³-hybridized carbons (Fsp3) is 1.00. The van der Waals surface area contributed by atoms with E-state index in [0.29, 0.717) is 31.8 Å². The summed E-state index contributed by atoms with van der Waals surface area (Å²) in [7, 11) is -2.88. The molecule has 6 nitrogen and oxygen atoms in total. The molecule has 0 aromatic heterocycles. The van der Waals surface area contributed by atoms with Crippen molar-refractivity contribution in [2.45, 2.75) is 58.0 Å². The number of hydrogen-bond acceptors (Lipinski definition) is 6. The molecule has 2 rings (SSSR count). The van der Waals surface area contributed by atoms with Gasteiger partial charge in [-0.2, -0.15) is 0 Å². The quantitative estimate of drug-likeness (QED) is 0.591. The Labute approximate surface area is 154 Å². The summed E-state index contributed by atoms with van der Waals surface area (Å²) in [6.45, 7) is 11.4. The Hall–Kier alpha value is -0.0231. The average molecular weight is 376 g/mol. The van der Waals surface area contributed by atoms with Crippen molar-refractivity contribution in [3.8, 4) is 0 Å². The number of aliphatic hydroxyl groups excluding tert-OH is 1. The van der Waals surface area contributed by atoms with E-state index in [9.17, 15) is 5.11 Å². The minimum absolute atomic E-state index is 0.0313. The minimum atomic E-state index is -2.88. The molecule has 148 valence electrons. The topological polar surface area (TPSA) is 60.4 Å². The predicted molar refractivity (Wildman–Crippen MR) is 99.6 cm³/mol. The van der Waals surface area contributed by atoms with Crippen LogP contribution in [-0.2, 0) is 18.0 Å². The van der Waals surface area contributed by atoms with Crippen molar-refractivity contribution in [2.24, 2.45) is 5.92 Å². The number of nitrogens with zero attached hydrogens (tertiary/aromatic N) is 1. The van der Waals surface area contributed by atoms with Gasteiger partial charge in [0.25, 0.3) is 0 Å². The van der Waals surface area contributed by atoms with Gasteiger partial charge in [0.1, 0.15) is 0 Å². The second kappa shape index (κ2) is 11.0. The summed E-state index contributed by atoms with van der Waals surface area (Å²) >= 11 is 0. The van der Waals surface area contributed by atoms with E-state index in [-0.39, 0.29) is 12.1 Å². The molecule has 2 fully saturated rings. The van der Waals surface area contributed by atoms with Crippen molar-refractivity contribution in [3.63, 3.8) is 0 Å². The fourth-order valence-corrected chi connectivity index (χ4v) is 7.64. The van der Waals surface area contributed by atoms with Gasteiger partial charge in [0.2, 0.25) is 0 Å². The zero-order valence-corrected chi connectivity index (χ0v) is 17.2. The van der Waals surface area contributed by atoms with Crippen LogP contribution >= 0.6 is 0 Å². The minimum Gasteiger partial charge on any atom is -0.396 e. The van der Waals surface area contributed by atoms with Crippen molar-refractivity contribution in [1.29, 1.82) is 0 Å². The summed E-state index contributed by atoms with van der Waals surface area (Å²) in [5.74, 6) is 0.392. The fourth-order valence-electron chi connectivity index (χ4n) is 4.44. The molecule has 7 heteroatoms. The summed E-state index contributed by atoms with van der Waals surface area (Å²) in [6, 6.07) is 0.577. The van der Waals surface area contributed by atoms with Crippen molar-refractivity contribution in [2.75, 3.05) is 52.7 Å². The van der Waals surface area contributed by atoms with Gasteiger partial charge in [-0.05, 0) is 46.0 Å². The van der Waals surface area contributed by atoms with Crippen molar-refractivity contribution in [1.82, 2.24) is 4.90 Å². The molecule has 25 heavy (non-hydrogen) atoms. The Kier molecular flexibility index (Phi) is 9.33. The van der Waals surface area contributed by atoms with Gasteiger partial charge in [-0.25, -0.2) is 0 Å². The van der Waals surface area contributed by atoms with Crippen LogP contribution in [-0.4, -0.2) is 77.6 Å². The van der Waals surface area contributed by atoms with Gasteiger partial charge >= 0.3 is 8.80 Å². The highest BCUT2D eigenvalue weighted by Crippen LogP contribution is 2.42. The zero-order chi connectivity index (χ0) is 18.1. The molecule has 1 N–H and O–H groups in total. The number of aliphatic hydroxyl groups is 1. The maximum absolute atomic E-state index is 10.3. The van der Waals surface area contributed by atoms with E-state index in [0.717, 1.165) is 39.1 Å². The second-order valence-corrected chi connectivity index (χ2v) is 9.74. The maximum atomic E-state index is 10.3. The van der Waals surface area contributed by atoms with Gasteiger partial charge in [-0.15, -0.1) is 0 Å². The first-order valence-electron chi connectivity index (χ1n) is 10.0. The Morgan fingerprint density at radius 3 is 2.16 bits per heavy atom. The summed E-state index contributed by atoms with van der Waals surface area (Å²) in [5.41, 5.74) is -0.0313. The van der Waals surface area contributed by atoms with E-state index < -0.39 is 8.80 Å². The maximum Gasteiger partial charge on any atom is 0.506 e. The molecule has 0 aromatic carbocycles. The summed E-state index contributed by atoms with van der Waals surface area (Å²) in [6.07, 6.45) is 4.64. The third kappa shape index (κ3) is 5.48. The van der Waals surface area contributed by atoms with Crippen LogP contribution in [0.3, 0.4) is 0 Å². The standard InChI is InChI=1S/C18H37NO5Si/c1-4-22-25(23-5-2,24-6-3)18(15-20)16-8-7-9-17(14-16)19-10-12-21-13-11-19/h16-18,20H,4-15H2,1-3H3. The van der Waals surface area contributed by atoms with Gasteiger partial charge in [-0.3, -0.25) is 4.90 Å². The van der Waals surface area contributed by atoms with E-state index in [1.165, 1.54) is 12.8 Å². The molecule has 0 aromatic rings. The molecule has 0 radical (unpaired) electrons. The molecule has 1 aliphatic carbocycles. The van der Waals surface area contributed by atoms with Crippen LogP contribution in [0, 0.1) is 5.92 Å². The molecule has 1 saturated carbocycles. The van der Waals surface area contributed by atoms with Gasteiger partial charge in [0.05, 0.1) is 25.4 Å². The van der Waals surface area contributed by atoms with Crippen LogP contribution in [0.4, 0.5) is 0 Å². The molecular weight excluding hydrogens is 338 g/mol. The van der Waals surface area contributed by atoms with Crippen molar-refractivity contribution < 1.29 is 23.1 Å². The lowest BCUT2D eigenvalue weighted by Crippen LogP contribution is -2.55. The first kappa shape index (κ1) is 21.3. The van der Waals surface area contributed by atoms with E-state index in [2.05, 4.69) is 4.90 Å². The Balaban J connectivity index is 2.11. The smallest absolute Gasteiger partial charge is 0.396 e. The van der Waals surface area contributed by atoms with E-state index in [4.69, 9.17) is 18.0 Å². The Morgan fingerprint density at radius 1 is 1.04 bits per heavy atom. The van der Waals surface area contributed by atoms with Crippen LogP contribution in [0.1, 0.15) is 46.5 Å². The normalized spacial score (nSPS) is 27.4. The molecule has 1 heterocycles. The van der Waals surface area contributed by atoms with Crippen molar-refractivity contribution >= 4 is 8.80 Å². The van der Waals surface area contributed by atoms with Crippen LogP contribution in [0.5, 0.6) is 0 Å². The summed E-state index contributed by atoms with van der Waals surface area (Å²) < 4.78 is 23.8. The second-order valence-electron chi connectivity index (χ2n) is 6.92. The van der Waals surface area contributed by atoms with Crippen LogP contribution in [0.25, 0.3) is 0 Å². The largest absolute Gasteiger partial charge is 0.506 e. The highest BCUT2D eigenvalue weighted by atomic mass is 28.4. The highest BCUT2D eigenvalue weighted by Gasteiger charge is 2.53. The highest BCUT2D eigenvalue weighted by molar-refractivity contribution is 6.62. The van der Waals surface area contributed by atoms with E-state index in [1.807, 2.05) is 20.8 Å². The van der Waals surface area contributed by atoms with Crippen LogP contribution in [0.2, 0.25) is 5.54 Å². The third-order valence-electron chi connectivity index (χ3n) is 5.51. The number of rotatable bonds is 10. The molecule has 3 atom stereocenters. The molecule has 1 aliphatic heterocycles. The Morgan fingerprint density at radius 2 is 1.64 bits per heavy atom. The lowest BCUT2D eigenvalue weighted by molar-refractivity contribution is -0.00495. The predicted octanol–water partition coefficient (Wildman–Crippen LogP) is 2.29. The van der Waals surface area contributed by atoms with E-state index in [1.54, 1.807) is 0 Å². The van der Waals surface area contributed by atoms with Crippen LogP contribution in [0.15, 0.2) is 0 Å². The van der Waals surface area contributed by atoms with E-state index >= 15 is 0 Å². The number of ether oxygens (including phenoxy) is 1. The first-order chi connectivity index (χ1) is 12.2. The average Bonchev–Trinajstić information content (AvgIpc) is 2.64. The molecular formula is C18H37NO5Si. The summed E-state index contributed by atoms with van der Waals surface area (Å²) in [5, 5.41) is 10.3. The van der Waals surface area contributed by atoms with Gasteiger partial charge < -0.3 is 23.1 Å². The lowest BCUT2D eigenvalue weighted by atomic mass is 9.82. The van der Waals surface area contributed by atoms with Crippen molar-refractivity contribution in [3.05, 3.63) is 0 Å². The number of morpholine rings is 1. The van der Waals surface area contributed by atoms with Gasteiger partial charge in [0, 0.05) is 39.0 Å². The summed E-state index contributed by atoms with van der Waals surface area (Å²) in [4.78, 5) is 2.56. The van der Waals surface area contributed by atoms with Gasteiger partial charge in [-0.1, -0.05) is 6.42 Å². The monoisotopic (exact) mass is 375 g/mol. The number of hydrogen-bond donors (Lipinski definition) is 1. The van der Waals surface area contributed by atoms with Gasteiger partial charge in [0.15, 0.2) is 0 Å². The molecule has 2 aliphatic rings. The Bertz CT molecular complexity index is 350.